The molecule has 0 aromatic heterocycles. The summed E-state index contributed by atoms with van der Waals surface area (Å²) in [6.45, 7) is 0.286. The molecule has 0 spiro atoms. The fourth-order valence-corrected chi connectivity index (χ4v) is 2.35. The van der Waals surface area contributed by atoms with Crippen LogP contribution in [0.15, 0.2) is 18.2 Å². The number of aryl methyl sites for hydroxylation is 1. The van der Waals surface area contributed by atoms with Crippen LogP contribution >= 0.6 is 0 Å². The van der Waals surface area contributed by atoms with Gasteiger partial charge in [0.25, 0.3) is 0 Å². The summed E-state index contributed by atoms with van der Waals surface area (Å²) in [5.74, 6) is -2.06. The summed E-state index contributed by atoms with van der Waals surface area (Å²) in [6.07, 6.45) is 0.665. The summed E-state index contributed by atoms with van der Waals surface area (Å²) in [5.41, 5.74) is 5.43. The molecule has 0 bridgehead atoms. The molecule has 1 aromatic rings. The minimum atomic E-state index is -0.656. The van der Waals surface area contributed by atoms with E-state index >= 15 is 0 Å². The smallest absolute Gasteiger partial charge is 0.246 e. The lowest BCUT2D eigenvalue weighted by atomic mass is 10.1. The Morgan fingerprint density at radius 2 is 2.09 bits per heavy atom. The summed E-state index contributed by atoms with van der Waals surface area (Å²) in [5, 5.41) is 2.67. The van der Waals surface area contributed by atoms with E-state index < -0.39 is 23.6 Å². The van der Waals surface area contributed by atoms with E-state index in [-0.39, 0.29) is 31.4 Å². The normalized spacial score (nSPS) is 20.8. The number of rotatable bonds is 6. The Balaban J connectivity index is 1.71. The number of nitrogens with two attached hydrogens (primary N) is 1. The number of hydrogen-bond acceptors (Lipinski definition) is 3. The maximum absolute atomic E-state index is 13.4. The Kier molecular flexibility index (Phi) is 5.43. The van der Waals surface area contributed by atoms with Crippen LogP contribution in [-0.2, 0) is 20.7 Å². The number of nitrogens with one attached hydrogen (secondary N) is 1. The molecule has 2 atom stereocenters. The fraction of sp³-hybridized carbons (Fsp3) is 0.467. The van der Waals surface area contributed by atoms with Crippen molar-refractivity contribution in [2.45, 2.75) is 37.9 Å². The number of amides is 2. The molecule has 0 unspecified atom stereocenters. The predicted octanol–water partition coefficient (Wildman–Crippen LogP) is 1.05. The number of hydrogen-bond donors (Lipinski definition) is 2. The molecule has 0 radical (unpaired) electrons. The van der Waals surface area contributed by atoms with E-state index in [1.807, 2.05) is 0 Å². The van der Waals surface area contributed by atoms with Gasteiger partial charge < -0.3 is 15.8 Å². The molecule has 0 aliphatic carbocycles. The third-order valence-electron chi connectivity index (χ3n) is 3.59. The molecule has 3 N–H and O–H groups in total. The van der Waals surface area contributed by atoms with Gasteiger partial charge in [-0.3, -0.25) is 9.59 Å². The van der Waals surface area contributed by atoms with Gasteiger partial charge in [-0.25, -0.2) is 8.78 Å². The summed E-state index contributed by atoms with van der Waals surface area (Å²) in [6, 6.07) is 3.28. The van der Waals surface area contributed by atoms with Gasteiger partial charge >= 0.3 is 0 Å². The van der Waals surface area contributed by atoms with Gasteiger partial charge in [0.2, 0.25) is 11.8 Å². The molecule has 1 aliphatic heterocycles. The quantitative estimate of drug-likeness (QED) is 0.823. The number of primary amides is 1. The van der Waals surface area contributed by atoms with Crippen LogP contribution in [0.1, 0.15) is 24.8 Å². The van der Waals surface area contributed by atoms with Crippen LogP contribution in [0.4, 0.5) is 8.78 Å². The van der Waals surface area contributed by atoms with Gasteiger partial charge in [0.1, 0.15) is 17.7 Å². The molecular weight excluding hydrogens is 294 g/mol. The van der Waals surface area contributed by atoms with Crippen LogP contribution in [-0.4, -0.2) is 30.6 Å². The van der Waals surface area contributed by atoms with Gasteiger partial charge in [-0.15, -0.1) is 0 Å². The highest BCUT2D eigenvalue weighted by molar-refractivity contribution is 5.79. The van der Waals surface area contributed by atoms with E-state index in [1.54, 1.807) is 0 Å². The lowest BCUT2D eigenvalue weighted by Gasteiger charge is -2.12. The Morgan fingerprint density at radius 3 is 2.73 bits per heavy atom. The number of carbonyl (C=O) groups is 2. The largest absolute Gasteiger partial charge is 0.367 e. The van der Waals surface area contributed by atoms with Crippen LogP contribution in [0.3, 0.4) is 0 Å². The summed E-state index contributed by atoms with van der Waals surface area (Å²) < 4.78 is 31.6. The number of benzene rings is 1. The van der Waals surface area contributed by atoms with Crippen molar-refractivity contribution in [2.24, 2.45) is 5.73 Å². The van der Waals surface area contributed by atoms with E-state index in [0.717, 1.165) is 12.1 Å². The van der Waals surface area contributed by atoms with Crippen molar-refractivity contribution in [2.75, 3.05) is 6.54 Å². The van der Waals surface area contributed by atoms with Crippen LogP contribution in [0.5, 0.6) is 0 Å². The van der Waals surface area contributed by atoms with Gasteiger partial charge in [-0.2, -0.15) is 0 Å². The lowest BCUT2D eigenvalue weighted by Crippen LogP contribution is -2.34. The maximum Gasteiger partial charge on any atom is 0.246 e. The van der Waals surface area contributed by atoms with Gasteiger partial charge in [-0.05, 0) is 30.9 Å². The Bertz CT molecular complexity index is 566. The minimum absolute atomic E-state index is 0.0918. The number of ether oxygens (including phenoxy) is 1. The molecule has 120 valence electrons. The predicted molar refractivity (Wildman–Crippen MR) is 74.8 cm³/mol. The second-order valence-electron chi connectivity index (χ2n) is 5.27. The standard InChI is InChI=1S/C15H18F2N2O3/c16-10-3-1-9(12(17)7-10)2-6-14(20)19-8-11-4-5-13(22-11)15(18)21/h1,3,7,11,13H,2,4-6,8H2,(H2,18,21)(H,19,20)/t11-,13+/m1/s1. The van der Waals surface area contributed by atoms with Gasteiger partial charge in [0.15, 0.2) is 0 Å². The van der Waals surface area contributed by atoms with Crippen LogP contribution in [0.2, 0.25) is 0 Å². The van der Waals surface area contributed by atoms with E-state index in [1.165, 1.54) is 6.07 Å². The summed E-state index contributed by atoms with van der Waals surface area (Å²) in [7, 11) is 0. The van der Waals surface area contributed by atoms with Crippen molar-refractivity contribution in [1.29, 1.82) is 0 Å². The van der Waals surface area contributed by atoms with Crippen LogP contribution in [0, 0.1) is 11.6 Å². The first-order valence-corrected chi connectivity index (χ1v) is 7.11. The topological polar surface area (TPSA) is 81.4 Å². The monoisotopic (exact) mass is 312 g/mol. The zero-order valence-electron chi connectivity index (χ0n) is 12.0. The first kappa shape index (κ1) is 16.4. The molecule has 1 aliphatic rings. The van der Waals surface area contributed by atoms with Crippen LogP contribution < -0.4 is 11.1 Å². The Hall–Kier alpha value is -2.02. The zero-order valence-corrected chi connectivity index (χ0v) is 12.0. The van der Waals surface area contributed by atoms with E-state index in [4.69, 9.17) is 10.5 Å². The van der Waals surface area contributed by atoms with Gasteiger partial charge in [0.05, 0.1) is 6.10 Å². The maximum atomic E-state index is 13.4. The third kappa shape index (κ3) is 4.49. The average molecular weight is 312 g/mol. The first-order chi connectivity index (χ1) is 10.5. The van der Waals surface area contributed by atoms with Crippen molar-refractivity contribution in [3.63, 3.8) is 0 Å². The van der Waals surface area contributed by atoms with E-state index in [2.05, 4.69) is 5.32 Å². The summed E-state index contributed by atoms with van der Waals surface area (Å²) >= 11 is 0. The number of carbonyl (C=O) groups excluding carboxylic acids is 2. The van der Waals surface area contributed by atoms with Gasteiger partial charge in [0, 0.05) is 19.0 Å². The second-order valence-corrected chi connectivity index (χ2v) is 5.27. The number of halogens is 2. The van der Waals surface area contributed by atoms with Crippen molar-refractivity contribution >= 4 is 11.8 Å². The van der Waals surface area contributed by atoms with Crippen molar-refractivity contribution in [3.05, 3.63) is 35.4 Å². The third-order valence-corrected chi connectivity index (χ3v) is 3.59. The molecule has 2 amide bonds. The molecule has 0 saturated carbocycles. The highest BCUT2D eigenvalue weighted by Gasteiger charge is 2.29. The van der Waals surface area contributed by atoms with Crippen molar-refractivity contribution in [3.8, 4) is 0 Å². The van der Waals surface area contributed by atoms with Crippen LogP contribution in [0.25, 0.3) is 0 Å². The molecule has 1 fully saturated rings. The van der Waals surface area contributed by atoms with Crippen molar-refractivity contribution < 1.29 is 23.1 Å². The molecule has 22 heavy (non-hydrogen) atoms. The minimum Gasteiger partial charge on any atom is -0.367 e. The molecular formula is C15H18F2N2O3. The Labute approximate surface area is 126 Å². The molecule has 7 heteroatoms. The highest BCUT2D eigenvalue weighted by Crippen LogP contribution is 2.18. The van der Waals surface area contributed by atoms with E-state index in [9.17, 15) is 18.4 Å². The fourth-order valence-electron chi connectivity index (χ4n) is 2.35. The molecule has 1 aromatic carbocycles. The molecule has 2 rings (SSSR count). The van der Waals surface area contributed by atoms with Crippen molar-refractivity contribution in [1.82, 2.24) is 5.32 Å². The average Bonchev–Trinajstić information content (AvgIpc) is 2.93. The highest BCUT2D eigenvalue weighted by atomic mass is 19.1. The molecule has 1 saturated heterocycles. The van der Waals surface area contributed by atoms with Gasteiger partial charge in [-0.1, -0.05) is 6.07 Å². The SMILES string of the molecule is NC(=O)[C@@H]1CC[C@H](CNC(=O)CCc2ccc(F)cc2F)O1. The first-order valence-electron chi connectivity index (χ1n) is 7.11. The molecule has 1 heterocycles. The Morgan fingerprint density at radius 1 is 1.32 bits per heavy atom. The summed E-state index contributed by atoms with van der Waals surface area (Å²) in [4.78, 5) is 22.7. The molecule has 5 nitrogen and oxygen atoms in total. The second kappa shape index (κ2) is 7.31. The lowest BCUT2D eigenvalue weighted by molar-refractivity contribution is -0.128. The zero-order chi connectivity index (χ0) is 16.1. The van der Waals surface area contributed by atoms with E-state index in [0.29, 0.717) is 18.4 Å².